The van der Waals surface area contributed by atoms with Crippen molar-refractivity contribution in [2.75, 3.05) is 26.3 Å². The van der Waals surface area contributed by atoms with Gasteiger partial charge in [0.2, 0.25) is 0 Å². The predicted molar refractivity (Wildman–Crippen MR) is 137 cm³/mol. The number of alkyl halides is 3. The summed E-state index contributed by atoms with van der Waals surface area (Å²) in [5.74, 6) is 0.770. The lowest BCUT2D eigenvalue weighted by Gasteiger charge is -2.26. The van der Waals surface area contributed by atoms with Crippen molar-refractivity contribution in [2.45, 2.75) is 50.2 Å². The second kappa shape index (κ2) is 8.64. The Bertz CT molecular complexity index is 1520. The Balaban J connectivity index is 1.45. The van der Waals surface area contributed by atoms with Gasteiger partial charge in [0.15, 0.2) is 11.5 Å². The number of aryl methyl sites for hydroxylation is 1. The summed E-state index contributed by atoms with van der Waals surface area (Å²) in [6.07, 6.45) is 0.209. The molecule has 38 heavy (non-hydrogen) atoms. The van der Waals surface area contributed by atoms with E-state index in [1.165, 1.54) is 4.68 Å². The molecule has 198 valence electrons. The minimum Gasteiger partial charge on any atom is -0.381 e. The molecule has 0 amide bonds. The van der Waals surface area contributed by atoms with Gasteiger partial charge in [0, 0.05) is 34.7 Å². The summed E-state index contributed by atoms with van der Waals surface area (Å²) >= 11 is 0. The molecular weight excluding hydrogens is 493 g/mol. The molecule has 1 aliphatic carbocycles. The normalized spacial score (nSPS) is 24.1. The van der Waals surface area contributed by atoms with E-state index >= 15 is 0 Å². The van der Waals surface area contributed by atoms with Gasteiger partial charge in [-0.3, -0.25) is 4.68 Å². The molecule has 0 radical (unpaired) electrons. The van der Waals surface area contributed by atoms with E-state index in [9.17, 15) is 13.2 Å². The molecule has 1 aromatic carbocycles. The quantitative estimate of drug-likeness (QED) is 0.374. The maximum Gasteiger partial charge on any atom is 0.433 e. The van der Waals surface area contributed by atoms with E-state index in [2.05, 4.69) is 15.4 Å². The number of halogens is 3. The predicted octanol–water partition coefficient (Wildman–Crippen LogP) is 5.42. The first kappa shape index (κ1) is 23.8. The van der Waals surface area contributed by atoms with Crippen LogP contribution in [0.3, 0.4) is 0 Å². The zero-order chi connectivity index (χ0) is 26.1. The Morgan fingerprint density at radius 1 is 1.13 bits per heavy atom. The summed E-state index contributed by atoms with van der Waals surface area (Å²) in [4.78, 5) is 13.0. The monoisotopic (exact) mass is 522 g/mol. The standard InChI is InChI=1S/C28H29F3N6O/c1-16-24(25(28(29,30)31)37(36-16)18-5-9-32-10-6-18)22-13-23(27-8-12-38-15-17(27)14-27)35-26(34-22)20-3-2-4-21-19(20)7-11-33-21/h2-4,7,11,13,17-18,32-33H,5-6,8-10,12,14-15H2,1H3. The van der Waals surface area contributed by atoms with Gasteiger partial charge in [0.1, 0.15) is 0 Å². The lowest BCUT2D eigenvalue weighted by Crippen LogP contribution is -2.31. The number of hydrogen-bond donors (Lipinski definition) is 2. The highest BCUT2D eigenvalue weighted by molar-refractivity contribution is 5.93. The SMILES string of the molecule is Cc1nn(C2CCNCC2)c(C(F)(F)F)c1-c1cc(C23CCOCC2C3)nc(-c2cccc3[nH]ccc23)n1. The largest absolute Gasteiger partial charge is 0.433 e. The van der Waals surface area contributed by atoms with E-state index in [0.29, 0.717) is 56.6 Å². The van der Waals surface area contributed by atoms with Crippen LogP contribution in [0.1, 0.15) is 48.8 Å². The molecule has 10 heteroatoms. The van der Waals surface area contributed by atoms with Gasteiger partial charge in [-0.1, -0.05) is 12.1 Å². The second-order valence-corrected chi connectivity index (χ2v) is 10.8. The number of aromatic nitrogens is 5. The van der Waals surface area contributed by atoms with E-state index in [1.807, 2.05) is 30.5 Å². The Hall–Kier alpha value is -3.24. The van der Waals surface area contributed by atoms with Crippen molar-refractivity contribution in [1.29, 1.82) is 0 Å². The highest BCUT2D eigenvalue weighted by atomic mass is 19.4. The van der Waals surface area contributed by atoms with Crippen molar-refractivity contribution in [2.24, 2.45) is 5.92 Å². The molecule has 2 atom stereocenters. The van der Waals surface area contributed by atoms with Gasteiger partial charge in [-0.2, -0.15) is 18.3 Å². The molecule has 7 rings (SSSR count). The summed E-state index contributed by atoms with van der Waals surface area (Å²) in [5.41, 5.74) is 2.32. The van der Waals surface area contributed by atoms with Crippen LogP contribution in [0.15, 0.2) is 36.5 Å². The third kappa shape index (κ3) is 3.76. The Morgan fingerprint density at radius 3 is 2.76 bits per heavy atom. The molecule has 0 bridgehead atoms. The van der Waals surface area contributed by atoms with Crippen LogP contribution in [0.5, 0.6) is 0 Å². The van der Waals surface area contributed by atoms with E-state index in [-0.39, 0.29) is 22.7 Å². The number of H-pyrrole nitrogens is 1. The molecule has 3 aromatic heterocycles. The third-order valence-electron chi connectivity index (χ3n) is 8.58. The minimum absolute atomic E-state index is 0.0582. The number of ether oxygens (including phenoxy) is 1. The van der Waals surface area contributed by atoms with Crippen LogP contribution in [0.2, 0.25) is 0 Å². The molecule has 5 heterocycles. The molecule has 7 nitrogen and oxygen atoms in total. The summed E-state index contributed by atoms with van der Waals surface area (Å²) in [6, 6.07) is 9.25. The van der Waals surface area contributed by atoms with Gasteiger partial charge in [-0.25, -0.2) is 9.97 Å². The van der Waals surface area contributed by atoms with E-state index < -0.39 is 11.9 Å². The van der Waals surface area contributed by atoms with Gasteiger partial charge in [-0.15, -0.1) is 0 Å². The fourth-order valence-corrected chi connectivity index (χ4v) is 6.50. The maximum absolute atomic E-state index is 14.8. The lowest BCUT2D eigenvalue weighted by molar-refractivity contribution is -0.144. The number of hydrogen-bond acceptors (Lipinski definition) is 5. The van der Waals surface area contributed by atoms with E-state index in [0.717, 1.165) is 35.0 Å². The van der Waals surface area contributed by atoms with Gasteiger partial charge >= 0.3 is 6.18 Å². The van der Waals surface area contributed by atoms with Gasteiger partial charge in [0.25, 0.3) is 0 Å². The van der Waals surface area contributed by atoms with Crippen LogP contribution in [-0.4, -0.2) is 51.0 Å². The first-order valence-electron chi connectivity index (χ1n) is 13.3. The minimum atomic E-state index is -4.58. The lowest BCUT2D eigenvalue weighted by atomic mass is 9.92. The third-order valence-corrected chi connectivity index (χ3v) is 8.58. The highest BCUT2D eigenvalue weighted by Crippen LogP contribution is 2.59. The molecule has 3 aliphatic rings. The number of rotatable bonds is 4. The van der Waals surface area contributed by atoms with Gasteiger partial charge < -0.3 is 15.0 Å². The fraction of sp³-hybridized carbons (Fsp3) is 0.464. The number of piperidine rings is 1. The zero-order valence-corrected chi connectivity index (χ0v) is 21.1. The van der Waals surface area contributed by atoms with Crippen LogP contribution in [0.25, 0.3) is 33.5 Å². The molecule has 1 saturated carbocycles. The summed E-state index contributed by atoms with van der Waals surface area (Å²) < 4.78 is 51.2. The van der Waals surface area contributed by atoms with Crippen molar-refractivity contribution < 1.29 is 17.9 Å². The van der Waals surface area contributed by atoms with Crippen molar-refractivity contribution in [1.82, 2.24) is 30.0 Å². The molecule has 2 aliphatic heterocycles. The van der Waals surface area contributed by atoms with Crippen LogP contribution < -0.4 is 5.32 Å². The average molecular weight is 523 g/mol. The Kier molecular flexibility index (Phi) is 5.42. The topological polar surface area (TPSA) is 80.6 Å². The number of nitrogens with zero attached hydrogens (tertiary/aromatic N) is 4. The van der Waals surface area contributed by atoms with Crippen LogP contribution in [0, 0.1) is 12.8 Å². The number of nitrogens with one attached hydrogen (secondary N) is 2. The fourth-order valence-electron chi connectivity index (χ4n) is 6.50. The molecule has 0 spiro atoms. The molecule has 2 unspecified atom stereocenters. The van der Waals surface area contributed by atoms with Crippen molar-refractivity contribution in [3.63, 3.8) is 0 Å². The van der Waals surface area contributed by atoms with Crippen molar-refractivity contribution in [3.8, 4) is 22.6 Å². The summed E-state index contributed by atoms with van der Waals surface area (Å²) in [5, 5.41) is 8.64. The maximum atomic E-state index is 14.8. The molecule has 2 saturated heterocycles. The first-order valence-corrected chi connectivity index (χ1v) is 13.3. The summed E-state index contributed by atoms with van der Waals surface area (Å²) in [6.45, 7) is 4.28. The van der Waals surface area contributed by atoms with Crippen LogP contribution >= 0.6 is 0 Å². The number of aromatic amines is 1. The first-order chi connectivity index (χ1) is 18.3. The zero-order valence-electron chi connectivity index (χ0n) is 21.1. The van der Waals surface area contributed by atoms with Crippen molar-refractivity contribution >= 4 is 10.9 Å². The highest BCUT2D eigenvalue weighted by Gasteiger charge is 2.58. The Morgan fingerprint density at radius 2 is 1.97 bits per heavy atom. The smallest absolute Gasteiger partial charge is 0.381 e. The molecule has 4 aromatic rings. The van der Waals surface area contributed by atoms with Gasteiger partial charge in [0.05, 0.1) is 35.3 Å². The Labute approximate surface area is 217 Å². The second-order valence-electron chi connectivity index (χ2n) is 10.8. The number of benzene rings is 1. The number of fused-ring (bicyclic) bond motifs is 2. The van der Waals surface area contributed by atoms with E-state index in [4.69, 9.17) is 14.7 Å². The van der Waals surface area contributed by atoms with E-state index in [1.54, 1.807) is 13.0 Å². The average Bonchev–Trinajstić information content (AvgIpc) is 3.28. The molecular formula is C28H29F3N6O. The summed E-state index contributed by atoms with van der Waals surface area (Å²) in [7, 11) is 0. The van der Waals surface area contributed by atoms with Crippen LogP contribution in [0.4, 0.5) is 13.2 Å². The molecule has 2 N–H and O–H groups in total. The van der Waals surface area contributed by atoms with Crippen LogP contribution in [-0.2, 0) is 16.3 Å². The van der Waals surface area contributed by atoms with Crippen molar-refractivity contribution in [3.05, 3.63) is 53.6 Å². The van der Waals surface area contributed by atoms with Gasteiger partial charge in [-0.05, 0) is 69.8 Å². The molecule has 3 fully saturated rings.